The molecule has 1 unspecified atom stereocenters. The molecule has 4 aromatic rings. The second-order valence-corrected chi connectivity index (χ2v) is 8.61. The highest BCUT2D eigenvalue weighted by Crippen LogP contribution is 2.24. The van der Waals surface area contributed by atoms with Crippen molar-refractivity contribution in [3.63, 3.8) is 0 Å². The van der Waals surface area contributed by atoms with Crippen LogP contribution in [0.5, 0.6) is 0 Å². The molecule has 32 heavy (non-hydrogen) atoms. The van der Waals surface area contributed by atoms with Crippen molar-refractivity contribution in [2.45, 2.75) is 39.3 Å². The Morgan fingerprint density at radius 2 is 1.88 bits per heavy atom. The SMILES string of the molecule is CC(N)c1ccc(-c2nccc(Nc3ccc4c(cnn4C(=O)OC(C)(C)C)c3)n2)cc1. The molecule has 0 saturated carbocycles. The number of carbonyl (C=O) groups excluding carboxylic acids is 1. The molecule has 0 saturated heterocycles. The molecule has 8 heteroatoms. The number of hydrogen-bond acceptors (Lipinski definition) is 7. The van der Waals surface area contributed by atoms with Gasteiger partial charge in [0.05, 0.1) is 11.7 Å². The van der Waals surface area contributed by atoms with E-state index in [9.17, 15) is 4.79 Å². The Morgan fingerprint density at radius 1 is 1.12 bits per heavy atom. The summed E-state index contributed by atoms with van der Waals surface area (Å²) < 4.78 is 6.68. The topological polar surface area (TPSA) is 108 Å². The minimum absolute atomic E-state index is 0.0208. The first-order valence-corrected chi connectivity index (χ1v) is 10.4. The van der Waals surface area contributed by atoms with Gasteiger partial charge in [-0.1, -0.05) is 24.3 Å². The largest absolute Gasteiger partial charge is 0.442 e. The van der Waals surface area contributed by atoms with Gasteiger partial charge in [0.2, 0.25) is 0 Å². The van der Waals surface area contributed by atoms with Gasteiger partial charge in [0.15, 0.2) is 5.82 Å². The third-order valence-electron chi connectivity index (χ3n) is 4.76. The lowest BCUT2D eigenvalue weighted by atomic mass is 10.1. The Labute approximate surface area is 186 Å². The van der Waals surface area contributed by atoms with Gasteiger partial charge in [0.25, 0.3) is 0 Å². The molecule has 8 nitrogen and oxygen atoms in total. The van der Waals surface area contributed by atoms with Crippen molar-refractivity contribution in [3.05, 3.63) is 66.5 Å². The molecule has 164 valence electrons. The number of nitrogens with two attached hydrogens (primary N) is 1. The van der Waals surface area contributed by atoms with Gasteiger partial charge in [0, 0.05) is 28.9 Å². The van der Waals surface area contributed by atoms with E-state index in [0.29, 0.717) is 17.2 Å². The first-order chi connectivity index (χ1) is 15.2. The highest BCUT2D eigenvalue weighted by atomic mass is 16.6. The fraction of sp³-hybridized carbons (Fsp3) is 0.250. The lowest BCUT2D eigenvalue weighted by molar-refractivity contribution is 0.0522. The zero-order chi connectivity index (χ0) is 22.9. The normalized spacial score (nSPS) is 12.5. The Kier molecular flexibility index (Phi) is 5.63. The summed E-state index contributed by atoms with van der Waals surface area (Å²) in [5.41, 5.74) is 8.79. The monoisotopic (exact) mass is 430 g/mol. The number of benzene rings is 2. The van der Waals surface area contributed by atoms with E-state index in [-0.39, 0.29) is 6.04 Å². The minimum atomic E-state index is -0.593. The molecule has 0 bridgehead atoms. The number of aromatic nitrogens is 4. The number of fused-ring (bicyclic) bond motifs is 1. The second-order valence-electron chi connectivity index (χ2n) is 8.61. The van der Waals surface area contributed by atoms with Crippen molar-refractivity contribution < 1.29 is 9.53 Å². The number of anilines is 2. The maximum Gasteiger partial charge on any atom is 0.435 e. The van der Waals surface area contributed by atoms with E-state index in [1.54, 1.807) is 18.5 Å². The second kappa shape index (κ2) is 8.39. The van der Waals surface area contributed by atoms with E-state index < -0.39 is 11.7 Å². The lowest BCUT2D eigenvalue weighted by Crippen LogP contribution is -2.27. The third-order valence-corrected chi connectivity index (χ3v) is 4.76. The first kappa shape index (κ1) is 21.5. The quantitative estimate of drug-likeness (QED) is 0.467. The van der Waals surface area contributed by atoms with Crippen LogP contribution in [0.25, 0.3) is 22.3 Å². The molecule has 0 radical (unpaired) electrons. The van der Waals surface area contributed by atoms with Crippen LogP contribution in [0, 0.1) is 0 Å². The van der Waals surface area contributed by atoms with Gasteiger partial charge >= 0.3 is 6.09 Å². The van der Waals surface area contributed by atoms with Crippen molar-refractivity contribution in [2.24, 2.45) is 5.73 Å². The predicted octanol–water partition coefficient (Wildman–Crippen LogP) is 5.04. The molecule has 2 heterocycles. The van der Waals surface area contributed by atoms with E-state index in [0.717, 1.165) is 22.2 Å². The Hall–Kier alpha value is -3.78. The first-order valence-electron chi connectivity index (χ1n) is 10.4. The zero-order valence-corrected chi connectivity index (χ0v) is 18.5. The summed E-state index contributed by atoms with van der Waals surface area (Å²) in [6.45, 7) is 7.41. The van der Waals surface area contributed by atoms with Crippen molar-refractivity contribution in [2.75, 3.05) is 5.32 Å². The lowest BCUT2D eigenvalue weighted by Gasteiger charge is -2.19. The molecule has 0 aliphatic heterocycles. The Morgan fingerprint density at radius 3 is 2.56 bits per heavy atom. The number of rotatable bonds is 4. The molecule has 0 aliphatic carbocycles. The van der Waals surface area contributed by atoms with Gasteiger partial charge in [0.1, 0.15) is 11.4 Å². The summed E-state index contributed by atoms with van der Waals surface area (Å²) in [6, 6.07) is 15.3. The maximum atomic E-state index is 12.4. The molecule has 2 aromatic carbocycles. The number of hydrogen-bond donors (Lipinski definition) is 2. The van der Waals surface area contributed by atoms with Crippen LogP contribution in [0.1, 0.15) is 39.3 Å². The summed E-state index contributed by atoms with van der Waals surface area (Å²) in [5.74, 6) is 1.27. The Bertz CT molecular complexity index is 1260. The van der Waals surface area contributed by atoms with Gasteiger partial charge in [-0.2, -0.15) is 9.78 Å². The summed E-state index contributed by atoms with van der Waals surface area (Å²) in [5, 5.41) is 8.28. The predicted molar refractivity (Wildman–Crippen MR) is 125 cm³/mol. The minimum Gasteiger partial charge on any atom is -0.442 e. The average Bonchev–Trinajstić information content (AvgIpc) is 3.16. The van der Waals surface area contributed by atoms with E-state index in [1.165, 1.54) is 4.68 Å². The number of nitrogens with one attached hydrogen (secondary N) is 1. The molecule has 0 spiro atoms. The smallest absolute Gasteiger partial charge is 0.435 e. The van der Waals surface area contributed by atoms with Crippen LogP contribution in [-0.4, -0.2) is 31.4 Å². The molecule has 0 fully saturated rings. The van der Waals surface area contributed by atoms with Crippen LogP contribution in [0.15, 0.2) is 60.9 Å². The molecule has 0 aliphatic rings. The highest BCUT2D eigenvalue weighted by Gasteiger charge is 2.20. The van der Waals surface area contributed by atoms with E-state index in [4.69, 9.17) is 10.5 Å². The average molecular weight is 431 g/mol. The fourth-order valence-electron chi connectivity index (χ4n) is 3.21. The molecular formula is C24H26N6O2. The number of carbonyl (C=O) groups is 1. The van der Waals surface area contributed by atoms with Gasteiger partial charge in [-0.3, -0.25) is 0 Å². The van der Waals surface area contributed by atoms with E-state index >= 15 is 0 Å². The van der Waals surface area contributed by atoms with Crippen LogP contribution in [0.2, 0.25) is 0 Å². The zero-order valence-electron chi connectivity index (χ0n) is 18.5. The summed E-state index contributed by atoms with van der Waals surface area (Å²) in [4.78, 5) is 21.4. The number of nitrogens with zero attached hydrogens (tertiary/aromatic N) is 4. The van der Waals surface area contributed by atoms with E-state index in [2.05, 4.69) is 20.4 Å². The molecular weight excluding hydrogens is 404 g/mol. The maximum absolute atomic E-state index is 12.4. The van der Waals surface area contributed by atoms with Gasteiger partial charge in [-0.15, -0.1) is 0 Å². The molecule has 4 rings (SSSR count). The standard InChI is InChI=1S/C24H26N6O2/c1-15(25)16-5-7-17(8-6-16)22-26-12-11-21(29-22)28-19-9-10-20-18(13-19)14-27-30(20)23(31)32-24(2,3)4/h5-15H,25H2,1-4H3,(H,26,28,29). The molecule has 2 aromatic heterocycles. The number of ether oxygens (including phenoxy) is 1. The van der Waals surface area contributed by atoms with Gasteiger partial charge in [-0.05, 0) is 57.5 Å². The fourth-order valence-corrected chi connectivity index (χ4v) is 3.21. The van der Waals surface area contributed by atoms with Crippen molar-refractivity contribution in [1.82, 2.24) is 19.7 Å². The van der Waals surface area contributed by atoms with Crippen molar-refractivity contribution in [1.29, 1.82) is 0 Å². The third kappa shape index (κ3) is 4.76. The van der Waals surface area contributed by atoms with Gasteiger partial charge in [-0.25, -0.2) is 14.8 Å². The van der Waals surface area contributed by atoms with Crippen molar-refractivity contribution >= 4 is 28.5 Å². The van der Waals surface area contributed by atoms with Gasteiger partial charge < -0.3 is 15.8 Å². The van der Waals surface area contributed by atoms with Crippen LogP contribution in [-0.2, 0) is 4.74 Å². The molecule has 3 N–H and O–H groups in total. The van der Waals surface area contributed by atoms with E-state index in [1.807, 2.05) is 70.2 Å². The highest BCUT2D eigenvalue weighted by molar-refractivity contribution is 5.90. The van der Waals surface area contributed by atoms with Crippen LogP contribution in [0.3, 0.4) is 0 Å². The van der Waals surface area contributed by atoms with Crippen LogP contribution < -0.4 is 11.1 Å². The summed E-state index contributed by atoms with van der Waals surface area (Å²) in [6.07, 6.45) is 2.84. The summed E-state index contributed by atoms with van der Waals surface area (Å²) in [7, 11) is 0. The van der Waals surface area contributed by atoms with Crippen LogP contribution >= 0.6 is 0 Å². The molecule has 0 amide bonds. The Balaban J connectivity index is 1.55. The summed E-state index contributed by atoms with van der Waals surface area (Å²) >= 11 is 0. The molecule has 1 atom stereocenters. The van der Waals surface area contributed by atoms with Crippen molar-refractivity contribution in [3.8, 4) is 11.4 Å². The van der Waals surface area contributed by atoms with Crippen LogP contribution in [0.4, 0.5) is 16.3 Å².